The first-order valence-corrected chi connectivity index (χ1v) is 6.62. The van der Waals surface area contributed by atoms with E-state index in [4.69, 9.17) is 0 Å². The lowest BCUT2D eigenvalue weighted by molar-refractivity contribution is 0.112. The Morgan fingerprint density at radius 1 is 1.20 bits per heavy atom. The average molecular weight is 224 g/mol. The molecule has 80 valence electrons. The van der Waals surface area contributed by atoms with E-state index in [9.17, 15) is 13.2 Å². The minimum absolute atomic E-state index is 0.285. The maximum absolute atomic E-state index is 11.6. The van der Waals surface area contributed by atoms with Crippen LogP contribution in [0.2, 0.25) is 0 Å². The fourth-order valence-electron chi connectivity index (χ4n) is 1.95. The van der Waals surface area contributed by atoms with Crippen LogP contribution in [0.3, 0.4) is 0 Å². The Hall–Kier alpha value is -1.16. The molecule has 1 saturated heterocycles. The number of hydrogen-bond acceptors (Lipinski definition) is 3. The minimum Gasteiger partial charge on any atom is -0.298 e. The van der Waals surface area contributed by atoms with Crippen LogP contribution in [0.25, 0.3) is 0 Å². The normalized spacial score (nSPS) is 23.9. The molecule has 4 heteroatoms. The first kappa shape index (κ1) is 10.4. The highest BCUT2D eigenvalue weighted by Crippen LogP contribution is 2.34. The van der Waals surface area contributed by atoms with Crippen molar-refractivity contribution >= 4 is 16.1 Å². The first-order chi connectivity index (χ1) is 7.13. The first-order valence-electron chi connectivity index (χ1n) is 4.90. The van der Waals surface area contributed by atoms with E-state index < -0.39 is 9.84 Å². The maximum atomic E-state index is 11.6. The molecule has 1 aliphatic rings. The minimum atomic E-state index is -2.95. The lowest BCUT2D eigenvalue weighted by atomic mass is 10.1. The summed E-state index contributed by atoms with van der Waals surface area (Å²) >= 11 is 0. The van der Waals surface area contributed by atoms with Crippen LogP contribution in [0.5, 0.6) is 0 Å². The van der Waals surface area contributed by atoms with Crippen LogP contribution in [0.15, 0.2) is 24.3 Å². The molecule has 3 nitrogen and oxygen atoms in total. The van der Waals surface area contributed by atoms with Crippen molar-refractivity contribution in [1.82, 2.24) is 0 Å². The summed E-state index contributed by atoms with van der Waals surface area (Å²) in [6.45, 7) is 0. The quantitative estimate of drug-likeness (QED) is 0.719. The second kappa shape index (κ2) is 3.77. The third kappa shape index (κ3) is 1.95. The van der Waals surface area contributed by atoms with Crippen LogP contribution < -0.4 is 0 Å². The van der Waals surface area contributed by atoms with Crippen LogP contribution in [-0.4, -0.2) is 20.5 Å². The third-order valence-electron chi connectivity index (χ3n) is 2.77. The molecule has 0 saturated carbocycles. The number of sulfone groups is 1. The number of carbonyl (C=O) groups is 1. The fourth-order valence-corrected chi connectivity index (χ4v) is 3.91. The van der Waals surface area contributed by atoms with Crippen molar-refractivity contribution in [3.8, 4) is 0 Å². The van der Waals surface area contributed by atoms with Crippen molar-refractivity contribution in [1.29, 1.82) is 0 Å². The lowest BCUT2D eigenvalue weighted by Crippen LogP contribution is -2.07. The molecule has 1 atom stereocenters. The van der Waals surface area contributed by atoms with E-state index >= 15 is 0 Å². The number of rotatable bonds is 2. The van der Waals surface area contributed by atoms with Gasteiger partial charge in [-0.1, -0.05) is 24.3 Å². The van der Waals surface area contributed by atoms with Crippen LogP contribution in [0.1, 0.15) is 34.0 Å². The van der Waals surface area contributed by atoms with Crippen molar-refractivity contribution in [3.05, 3.63) is 35.4 Å². The van der Waals surface area contributed by atoms with Gasteiger partial charge in [0.05, 0.1) is 11.0 Å². The highest BCUT2D eigenvalue weighted by atomic mass is 32.2. The molecule has 0 aliphatic carbocycles. The SMILES string of the molecule is O=Cc1ccc(C2CCCS2(=O)=O)cc1. The molecule has 15 heavy (non-hydrogen) atoms. The van der Waals surface area contributed by atoms with E-state index in [1.165, 1.54) is 0 Å². The van der Waals surface area contributed by atoms with Crippen LogP contribution in [0, 0.1) is 0 Å². The molecule has 0 bridgehead atoms. The monoisotopic (exact) mass is 224 g/mol. The van der Waals surface area contributed by atoms with Gasteiger partial charge in [-0.25, -0.2) is 8.42 Å². The largest absolute Gasteiger partial charge is 0.298 e. The van der Waals surface area contributed by atoms with Gasteiger partial charge in [-0.05, 0) is 18.4 Å². The summed E-state index contributed by atoms with van der Waals surface area (Å²) in [5.41, 5.74) is 1.38. The van der Waals surface area contributed by atoms with Gasteiger partial charge in [0.2, 0.25) is 0 Å². The molecule has 0 radical (unpaired) electrons. The average Bonchev–Trinajstić information content (AvgIpc) is 2.58. The predicted octanol–water partition coefficient (Wildman–Crippen LogP) is 1.75. The van der Waals surface area contributed by atoms with E-state index in [2.05, 4.69) is 0 Å². The third-order valence-corrected chi connectivity index (χ3v) is 5.01. The van der Waals surface area contributed by atoms with Gasteiger partial charge in [-0.3, -0.25) is 4.79 Å². The summed E-state index contributed by atoms with van der Waals surface area (Å²) in [6, 6.07) is 6.79. The summed E-state index contributed by atoms with van der Waals surface area (Å²) in [7, 11) is -2.95. The Balaban J connectivity index is 2.34. The van der Waals surface area contributed by atoms with Gasteiger partial charge in [0, 0.05) is 5.56 Å². The maximum Gasteiger partial charge on any atom is 0.157 e. The van der Waals surface area contributed by atoms with Crippen molar-refractivity contribution in [2.45, 2.75) is 18.1 Å². The molecule has 1 aromatic carbocycles. The summed E-state index contributed by atoms with van der Waals surface area (Å²) in [5, 5.41) is -0.363. The van der Waals surface area contributed by atoms with Gasteiger partial charge < -0.3 is 0 Å². The molecule has 1 unspecified atom stereocenters. The number of benzene rings is 1. The molecule has 1 fully saturated rings. The number of carbonyl (C=O) groups excluding carboxylic acids is 1. The van der Waals surface area contributed by atoms with Crippen LogP contribution in [-0.2, 0) is 9.84 Å². The Bertz CT molecular complexity index is 459. The van der Waals surface area contributed by atoms with Crippen molar-refractivity contribution in [3.63, 3.8) is 0 Å². The summed E-state index contributed by atoms with van der Waals surface area (Å²) < 4.78 is 23.3. The standard InChI is InChI=1S/C11H12O3S/c12-8-9-3-5-10(6-4-9)11-2-1-7-15(11,13)14/h3-6,8,11H,1-2,7H2. The molecular formula is C11H12O3S. The van der Waals surface area contributed by atoms with E-state index in [-0.39, 0.29) is 11.0 Å². The summed E-state index contributed by atoms with van der Waals surface area (Å²) in [4.78, 5) is 10.4. The van der Waals surface area contributed by atoms with E-state index in [0.29, 0.717) is 12.0 Å². The van der Waals surface area contributed by atoms with E-state index in [0.717, 1.165) is 18.3 Å². The molecule has 2 rings (SSSR count). The van der Waals surface area contributed by atoms with E-state index in [1.807, 2.05) is 0 Å². The Morgan fingerprint density at radius 3 is 2.33 bits per heavy atom. The topological polar surface area (TPSA) is 51.2 Å². The summed E-state index contributed by atoms with van der Waals surface area (Å²) in [6.07, 6.45) is 2.19. The molecule has 0 N–H and O–H groups in total. The smallest absolute Gasteiger partial charge is 0.157 e. The Morgan fingerprint density at radius 2 is 1.87 bits per heavy atom. The van der Waals surface area contributed by atoms with Crippen LogP contribution >= 0.6 is 0 Å². The lowest BCUT2D eigenvalue weighted by Gasteiger charge is -2.09. The van der Waals surface area contributed by atoms with Gasteiger partial charge in [0.25, 0.3) is 0 Å². The second-order valence-electron chi connectivity index (χ2n) is 3.78. The molecule has 0 amide bonds. The molecule has 1 aliphatic heterocycles. The fraction of sp³-hybridized carbons (Fsp3) is 0.364. The molecule has 1 aromatic rings. The Kier molecular flexibility index (Phi) is 2.61. The van der Waals surface area contributed by atoms with Crippen molar-refractivity contribution < 1.29 is 13.2 Å². The van der Waals surface area contributed by atoms with Gasteiger partial charge in [-0.15, -0.1) is 0 Å². The molecule has 0 aromatic heterocycles. The number of hydrogen-bond donors (Lipinski definition) is 0. The Labute approximate surface area is 89.0 Å². The second-order valence-corrected chi connectivity index (χ2v) is 6.09. The van der Waals surface area contributed by atoms with Crippen molar-refractivity contribution in [2.75, 3.05) is 5.75 Å². The van der Waals surface area contributed by atoms with Crippen molar-refractivity contribution in [2.24, 2.45) is 0 Å². The predicted molar refractivity (Wildman–Crippen MR) is 57.6 cm³/mol. The molecule has 0 spiro atoms. The van der Waals surface area contributed by atoms with Gasteiger partial charge in [0.15, 0.2) is 9.84 Å². The zero-order valence-corrected chi connectivity index (χ0v) is 9.03. The van der Waals surface area contributed by atoms with E-state index in [1.54, 1.807) is 24.3 Å². The molecular weight excluding hydrogens is 212 g/mol. The van der Waals surface area contributed by atoms with Crippen LogP contribution in [0.4, 0.5) is 0 Å². The summed E-state index contributed by atoms with van der Waals surface area (Å²) in [5.74, 6) is 0.285. The highest BCUT2D eigenvalue weighted by Gasteiger charge is 2.32. The zero-order valence-electron chi connectivity index (χ0n) is 8.22. The van der Waals surface area contributed by atoms with Gasteiger partial charge >= 0.3 is 0 Å². The number of aldehydes is 1. The molecule has 1 heterocycles. The van der Waals surface area contributed by atoms with Gasteiger partial charge in [0.1, 0.15) is 6.29 Å². The zero-order chi connectivity index (χ0) is 10.9. The van der Waals surface area contributed by atoms with Gasteiger partial charge in [-0.2, -0.15) is 0 Å². The highest BCUT2D eigenvalue weighted by molar-refractivity contribution is 7.91.